The van der Waals surface area contributed by atoms with E-state index in [0.717, 1.165) is 12.8 Å². The quantitative estimate of drug-likeness (QED) is 0.694. The van der Waals surface area contributed by atoms with Crippen LogP contribution in [0.2, 0.25) is 0 Å². The van der Waals surface area contributed by atoms with Crippen molar-refractivity contribution in [1.29, 1.82) is 0 Å². The summed E-state index contributed by atoms with van der Waals surface area (Å²) in [6.45, 7) is 4.94. The first-order valence-electron chi connectivity index (χ1n) is 6.13. The predicted molar refractivity (Wildman–Crippen MR) is 76.1 cm³/mol. The molecular weight excluding hydrogens is 246 g/mol. The number of thiol groups is 1. The highest BCUT2D eigenvalue weighted by Crippen LogP contribution is 2.21. The number of benzene rings is 1. The topological polar surface area (TPSA) is 49.3 Å². The van der Waals surface area contributed by atoms with E-state index in [-0.39, 0.29) is 17.9 Å². The van der Waals surface area contributed by atoms with E-state index in [4.69, 9.17) is 5.11 Å². The fourth-order valence-corrected chi connectivity index (χ4v) is 1.99. The lowest BCUT2D eigenvalue weighted by atomic mass is 9.88. The molecule has 2 N–H and O–H groups in total. The minimum atomic E-state index is -0.0994. The highest BCUT2D eigenvalue weighted by atomic mass is 32.1. The van der Waals surface area contributed by atoms with Gasteiger partial charge in [-0.3, -0.25) is 4.79 Å². The van der Waals surface area contributed by atoms with Gasteiger partial charge in [-0.15, -0.1) is 12.6 Å². The van der Waals surface area contributed by atoms with Crippen LogP contribution in [0.25, 0.3) is 0 Å². The van der Waals surface area contributed by atoms with Crippen LogP contribution in [-0.2, 0) is 0 Å². The van der Waals surface area contributed by atoms with Gasteiger partial charge in [0, 0.05) is 18.0 Å². The maximum atomic E-state index is 12.0. The van der Waals surface area contributed by atoms with E-state index in [0.29, 0.717) is 17.0 Å². The molecule has 0 fully saturated rings. The van der Waals surface area contributed by atoms with Crippen LogP contribution in [0, 0.1) is 5.41 Å². The lowest BCUT2D eigenvalue weighted by Gasteiger charge is -2.24. The highest BCUT2D eigenvalue weighted by Gasteiger charge is 2.19. The number of aliphatic hydroxyl groups excluding tert-OH is 1. The molecule has 18 heavy (non-hydrogen) atoms. The zero-order valence-corrected chi connectivity index (χ0v) is 11.8. The molecule has 0 bridgehead atoms. The zero-order chi connectivity index (χ0) is 13.6. The highest BCUT2D eigenvalue weighted by molar-refractivity contribution is 7.80. The van der Waals surface area contributed by atoms with Crippen LogP contribution in [0.5, 0.6) is 0 Å². The van der Waals surface area contributed by atoms with Gasteiger partial charge in [0.15, 0.2) is 0 Å². The molecule has 4 heteroatoms. The second-order valence-corrected chi connectivity index (χ2v) is 5.67. The Morgan fingerprint density at radius 2 is 2.06 bits per heavy atom. The first-order chi connectivity index (χ1) is 8.46. The van der Waals surface area contributed by atoms with Crippen LogP contribution in [0.15, 0.2) is 29.2 Å². The molecule has 0 atom stereocenters. The van der Waals surface area contributed by atoms with Gasteiger partial charge in [-0.2, -0.15) is 0 Å². The number of carbonyl (C=O) groups excluding carboxylic acids is 1. The number of aliphatic hydroxyl groups is 1. The van der Waals surface area contributed by atoms with Gasteiger partial charge in [-0.05, 0) is 30.4 Å². The minimum absolute atomic E-state index is 0.00999. The summed E-state index contributed by atoms with van der Waals surface area (Å²) >= 11 is 4.27. The van der Waals surface area contributed by atoms with Gasteiger partial charge in [-0.25, -0.2) is 0 Å². The molecule has 3 nitrogen and oxygen atoms in total. The number of carbonyl (C=O) groups is 1. The molecule has 1 aromatic carbocycles. The van der Waals surface area contributed by atoms with Gasteiger partial charge in [-0.1, -0.05) is 26.0 Å². The van der Waals surface area contributed by atoms with E-state index < -0.39 is 0 Å². The van der Waals surface area contributed by atoms with Crippen molar-refractivity contribution in [2.75, 3.05) is 13.2 Å². The molecule has 0 saturated heterocycles. The molecule has 0 heterocycles. The van der Waals surface area contributed by atoms with Gasteiger partial charge in [0.2, 0.25) is 0 Å². The molecule has 0 saturated carbocycles. The standard InChI is InChI=1S/C14H21NO2S/c1-14(2,8-5-9-16)10-15-13(17)11-6-3-4-7-12(11)18/h3-4,6-7,16,18H,5,8-10H2,1-2H3,(H,15,17). The number of amides is 1. The average molecular weight is 267 g/mol. The van der Waals surface area contributed by atoms with E-state index in [2.05, 4.69) is 31.8 Å². The van der Waals surface area contributed by atoms with Crippen molar-refractivity contribution >= 4 is 18.5 Å². The van der Waals surface area contributed by atoms with Crippen molar-refractivity contribution in [3.63, 3.8) is 0 Å². The lowest BCUT2D eigenvalue weighted by Crippen LogP contribution is -2.34. The molecule has 0 unspecified atom stereocenters. The summed E-state index contributed by atoms with van der Waals surface area (Å²) < 4.78 is 0. The van der Waals surface area contributed by atoms with Gasteiger partial charge in [0.25, 0.3) is 5.91 Å². The first-order valence-corrected chi connectivity index (χ1v) is 6.58. The van der Waals surface area contributed by atoms with E-state index in [1.165, 1.54) is 0 Å². The third kappa shape index (κ3) is 4.70. The maximum absolute atomic E-state index is 12.0. The van der Waals surface area contributed by atoms with Gasteiger partial charge < -0.3 is 10.4 Å². The molecule has 1 rings (SSSR count). The van der Waals surface area contributed by atoms with Crippen molar-refractivity contribution < 1.29 is 9.90 Å². The van der Waals surface area contributed by atoms with Gasteiger partial charge >= 0.3 is 0 Å². The Hall–Kier alpha value is -1.00. The molecule has 0 spiro atoms. The monoisotopic (exact) mass is 267 g/mol. The lowest BCUT2D eigenvalue weighted by molar-refractivity contribution is 0.0930. The summed E-state index contributed by atoms with van der Waals surface area (Å²) in [5.41, 5.74) is 0.586. The number of nitrogens with one attached hydrogen (secondary N) is 1. The molecular formula is C14H21NO2S. The smallest absolute Gasteiger partial charge is 0.252 e. The van der Waals surface area contributed by atoms with E-state index >= 15 is 0 Å². The number of rotatable bonds is 6. The molecule has 100 valence electrons. The summed E-state index contributed by atoms with van der Waals surface area (Å²) in [6, 6.07) is 7.24. The number of hydrogen-bond donors (Lipinski definition) is 3. The average Bonchev–Trinajstić information content (AvgIpc) is 2.34. The second-order valence-electron chi connectivity index (χ2n) is 5.19. The molecule has 1 aromatic rings. The van der Waals surface area contributed by atoms with Crippen molar-refractivity contribution in [2.24, 2.45) is 5.41 Å². The summed E-state index contributed by atoms with van der Waals surface area (Å²) in [5.74, 6) is -0.0994. The van der Waals surface area contributed by atoms with E-state index in [9.17, 15) is 4.79 Å². The van der Waals surface area contributed by atoms with Gasteiger partial charge in [0.1, 0.15) is 0 Å². The second kappa shape index (κ2) is 6.81. The Balaban J connectivity index is 2.54. The van der Waals surface area contributed by atoms with E-state index in [1.54, 1.807) is 12.1 Å². The summed E-state index contributed by atoms with van der Waals surface area (Å²) in [6.07, 6.45) is 1.64. The van der Waals surface area contributed by atoms with Crippen molar-refractivity contribution in [2.45, 2.75) is 31.6 Å². The van der Waals surface area contributed by atoms with Crippen LogP contribution < -0.4 is 5.32 Å². The SMILES string of the molecule is CC(C)(CCCO)CNC(=O)c1ccccc1S. The molecule has 0 aromatic heterocycles. The summed E-state index contributed by atoms with van der Waals surface area (Å²) in [7, 11) is 0. The predicted octanol–water partition coefficient (Wildman–Crippen LogP) is 2.50. The Morgan fingerprint density at radius 1 is 1.39 bits per heavy atom. The van der Waals surface area contributed by atoms with Crippen molar-refractivity contribution in [3.8, 4) is 0 Å². The largest absolute Gasteiger partial charge is 0.396 e. The van der Waals surface area contributed by atoms with E-state index in [1.807, 2.05) is 12.1 Å². The summed E-state index contributed by atoms with van der Waals surface area (Å²) in [5, 5.41) is 11.7. The molecule has 0 radical (unpaired) electrons. The summed E-state index contributed by atoms with van der Waals surface area (Å²) in [4.78, 5) is 12.7. The maximum Gasteiger partial charge on any atom is 0.252 e. The Kier molecular flexibility index (Phi) is 5.69. The van der Waals surface area contributed by atoms with Crippen LogP contribution in [0.4, 0.5) is 0 Å². The Bertz CT molecular complexity index is 405. The zero-order valence-electron chi connectivity index (χ0n) is 10.9. The number of hydrogen-bond acceptors (Lipinski definition) is 3. The third-order valence-corrected chi connectivity index (χ3v) is 3.28. The Morgan fingerprint density at radius 3 is 2.67 bits per heavy atom. The van der Waals surface area contributed by atoms with Crippen LogP contribution in [0.3, 0.4) is 0 Å². The Labute approximate surface area is 114 Å². The third-order valence-electron chi connectivity index (χ3n) is 2.89. The minimum Gasteiger partial charge on any atom is -0.396 e. The van der Waals surface area contributed by atoms with Crippen molar-refractivity contribution in [3.05, 3.63) is 29.8 Å². The molecule has 1 amide bonds. The first kappa shape index (κ1) is 15.1. The van der Waals surface area contributed by atoms with Crippen LogP contribution in [0.1, 0.15) is 37.0 Å². The fraction of sp³-hybridized carbons (Fsp3) is 0.500. The molecule has 0 aliphatic heterocycles. The normalized spacial score (nSPS) is 11.3. The van der Waals surface area contributed by atoms with Crippen molar-refractivity contribution in [1.82, 2.24) is 5.32 Å². The fourth-order valence-electron chi connectivity index (χ4n) is 1.73. The molecule has 0 aliphatic rings. The van der Waals surface area contributed by atoms with Gasteiger partial charge in [0.05, 0.1) is 5.56 Å². The van der Waals surface area contributed by atoms with Crippen LogP contribution >= 0.6 is 12.6 Å². The molecule has 0 aliphatic carbocycles. The van der Waals surface area contributed by atoms with Crippen LogP contribution in [-0.4, -0.2) is 24.2 Å².